The van der Waals surface area contributed by atoms with Crippen molar-refractivity contribution in [1.82, 2.24) is 4.90 Å². The van der Waals surface area contributed by atoms with Crippen LogP contribution in [0.25, 0.3) is 0 Å². The lowest BCUT2D eigenvalue weighted by Crippen LogP contribution is -2.49. The van der Waals surface area contributed by atoms with Crippen molar-refractivity contribution in [3.8, 4) is 0 Å². The van der Waals surface area contributed by atoms with E-state index in [0.29, 0.717) is 23.5 Å². The van der Waals surface area contributed by atoms with E-state index in [9.17, 15) is 0 Å². The van der Waals surface area contributed by atoms with Crippen LogP contribution in [0, 0.1) is 11.3 Å². The number of likely N-dealkylation sites (tertiary alicyclic amines) is 1. The van der Waals surface area contributed by atoms with E-state index in [0.717, 1.165) is 12.5 Å². The molecule has 2 heteroatoms. The highest BCUT2D eigenvalue weighted by atomic mass is 15.3. The molecule has 0 radical (unpaired) electrons. The van der Waals surface area contributed by atoms with Crippen molar-refractivity contribution in [2.45, 2.75) is 66.1 Å². The van der Waals surface area contributed by atoms with E-state index < -0.39 is 0 Å². The monoisotopic (exact) mass is 212 g/mol. The van der Waals surface area contributed by atoms with E-state index in [4.69, 9.17) is 5.73 Å². The van der Waals surface area contributed by atoms with Crippen molar-refractivity contribution in [2.24, 2.45) is 17.1 Å². The van der Waals surface area contributed by atoms with Crippen molar-refractivity contribution in [3.05, 3.63) is 0 Å². The molecular weight excluding hydrogens is 184 g/mol. The van der Waals surface area contributed by atoms with Crippen molar-refractivity contribution in [2.75, 3.05) is 6.54 Å². The average molecular weight is 212 g/mol. The third-order valence-electron chi connectivity index (χ3n) is 3.83. The van der Waals surface area contributed by atoms with Gasteiger partial charge in [-0.05, 0) is 31.6 Å². The SMILES string of the molecule is CC(C)N1C(C(C)(C)C)C[C@H](C)[C@@H]1CN. The summed E-state index contributed by atoms with van der Waals surface area (Å²) >= 11 is 0. The van der Waals surface area contributed by atoms with Gasteiger partial charge in [0.05, 0.1) is 0 Å². The molecule has 1 rings (SSSR count). The Labute approximate surface area is 95.2 Å². The highest BCUT2D eigenvalue weighted by Crippen LogP contribution is 2.39. The van der Waals surface area contributed by atoms with E-state index in [1.54, 1.807) is 0 Å². The van der Waals surface area contributed by atoms with Crippen LogP contribution in [0.4, 0.5) is 0 Å². The van der Waals surface area contributed by atoms with E-state index in [1.807, 2.05) is 0 Å². The van der Waals surface area contributed by atoms with Gasteiger partial charge in [0.25, 0.3) is 0 Å². The Bertz CT molecular complexity index is 205. The van der Waals surface area contributed by atoms with Crippen LogP contribution in [0.15, 0.2) is 0 Å². The third kappa shape index (κ3) is 2.54. The van der Waals surface area contributed by atoms with Gasteiger partial charge in [-0.25, -0.2) is 0 Å². The minimum Gasteiger partial charge on any atom is -0.329 e. The first-order valence-electron chi connectivity index (χ1n) is 6.26. The second-order valence-electron chi connectivity index (χ2n) is 6.44. The highest BCUT2D eigenvalue weighted by molar-refractivity contribution is 4.98. The van der Waals surface area contributed by atoms with Gasteiger partial charge >= 0.3 is 0 Å². The molecule has 0 aromatic heterocycles. The van der Waals surface area contributed by atoms with Gasteiger partial charge in [0.15, 0.2) is 0 Å². The molecule has 2 nitrogen and oxygen atoms in total. The summed E-state index contributed by atoms with van der Waals surface area (Å²) in [6.45, 7) is 14.8. The fraction of sp³-hybridized carbons (Fsp3) is 1.00. The van der Waals surface area contributed by atoms with Crippen molar-refractivity contribution >= 4 is 0 Å². The summed E-state index contributed by atoms with van der Waals surface area (Å²) < 4.78 is 0. The maximum atomic E-state index is 5.92. The molecule has 1 unspecified atom stereocenters. The maximum absolute atomic E-state index is 5.92. The lowest BCUT2D eigenvalue weighted by atomic mass is 9.83. The zero-order valence-corrected chi connectivity index (χ0v) is 11.2. The Morgan fingerprint density at radius 1 is 1.33 bits per heavy atom. The number of hydrogen-bond acceptors (Lipinski definition) is 2. The van der Waals surface area contributed by atoms with Crippen LogP contribution >= 0.6 is 0 Å². The first-order valence-corrected chi connectivity index (χ1v) is 6.26. The summed E-state index contributed by atoms with van der Waals surface area (Å²) in [5, 5.41) is 0. The standard InChI is InChI=1S/C13H28N2/c1-9(2)15-11(8-14)10(3)7-12(15)13(4,5)6/h9-12H,7-8,14H2,1-6H3/t10-,11-,12?/m0/s1. The Balaban J connectivity index is 2.90. The van der Waals surface area contributed by atoms with Gasteiger partial charge in [0, 0.05) is 24.7 Å². The molecule has 15 heavy (non-hydrogen) atoms. The van der Waals surface area contributed by atoms with E-state index in [1.165, 1.54) is 6.42 Å². The quantitative estimate of drug-likeness (QED) is 0.762. The highest BCUT2D eigenvalue weighted by Gasteiger charge is 2.44. The fourth-order valence-electron chi connectivity index (χ4n) is 3.05. The van der Waals surface area contributed by atoms with Gasteiger partial charge in [-0.15, -0.1) is 0 Å². The third-order valence-corrected chi connectivity index (χ3v) is 3.83. The van der Waals surface area contributed by atoms with Crippen LogP contribution in [0.5, 0.6) is 0 Å². The van der Waals surface area contributed by atoms with E-state index in [2.05, 4.69) is 46.4 Å². The fourth-order valence-corrected chi connectivity index (χ4v) is 3.05. The molecule has 0 bridgehead atoms. The molecule has 3 atom stereocenters. The summed E-state index contributed by atoms with van der Waals surface area (Å²) in [5.41, 5.74) is 6.28. The van der Waals surface area contributed by atoms with Gasteiger partial charge in [-0.1, -0.05) is 27.7 Å². The molecule has 0 amide bonds. The molecule has 1 aliphatic rings. The number of nitrogens with zero attached hydrogens (tertiary/aromatic N) is 1. The van der Waals surface area contributed by atoms with Crippen molar-refractivity contribution in [1.29, 1.82) is 0 Å². The first-order chi connectivity index (χ1) is 6.79. The zero-order valence-electron chi connectivity index (χ0n) is 11.2. The van der Waals surface area contributed by atoms with Gasteiger partial charge in [-0.3, -0.25) is 4.90 Å². The summed E-state index contributed by atoms with van der Waals surface area (Å²) in [4.78, 5) is 2.64. The Hall–Kier alpha value is -0.0800. The largest absolute Gasteiger partial charge is 0.329 e. The molecule has 0 aliphatic carbocycles. The first kappa shape index (κ1) is 13.0. The van der Waals surface area contributed by atoms with Gasteiger partial charge in [-0.2, -0.15) is 0 Å². The molecular formula is C13H28N2. The van der Waals surface area contributed by atoms with Crippen molar-refractivity contribution in [3.63, 3.8) is 0 Å². The molecule has 0 saturated carbocycles. The number of nitrogens with two attached hydrogens (primary N) is 1. The molecule has 1 fully saturated rings. The molecule has 1 saturated heterocycles. The van der Waals surface area contributed by atoms with Crippen LogP contribution in [-0.4, -0.2) is 29.6 Å². The smallest absolute Gasteiger partial charge is 0.0250 e. The van der Waals surface area contributed by atoms with Gasteiger partial charge < -0.3 is 5.73 Å². The molecule has 90 valence electrons. The Morgan fingerprint density at radius 3 is 2.20 bits per heavy atom. The summed E-state index contributed by atoms with van der Waals surface area (Å²) in [6.07, 6.45) is 1.30. The average Bonchev–Trinajstić information content (AvgIpc) is 2.41. The molecule has 1 heterocycles. The minimum absolute atomic E-state index is 0.364. The van der Waals surface area contributed by atoms with Crippen LogP contribution in [-0.2, 0) is 0 Å². The topological polar surface area (TPSA) is 29.3 Å². The van der Waals surface area contributed by atoms with Crippen LogP contribution in [0.1, 0.15) is 48.0 Å². The lowest BCUT2D eigenvalue weighted by Gasteiger charge is -2.40. The second kappa shape index (κ2) is 4.42. The molecule has 0 aromatic carbocycles. The predicted octanol–water partition coefficient (Wildman–Crippen LogP) is 2.48. The number of rotatable bonds is 2. The van der Waals surface area contributed by atoms with Gasteiger partial charge in [0.1, 0.15) is 0 Å². The van der Waals surface area contributed by atoms with Crippen LogP contribution in [0.3, 0.4) is 0 Å². The van der Waals surface area contributed by atoms with Crippen LogP contribution in [0.2, 0.25) is 0 Å². The normalized spacial score (nSPS) is 34.0. The Kier molecular flexibility index (Phi) is 3.83. The van der Waals surface area contributed by atoms with Gasteiger partial charge in [0.2, 0.25) is 0 Å². The molecule has 1 aliphatic heterocycles. The second-order valence-corrected chi connectivity index (χ2v) is 6.44. The van der Waals surface area contributed by atoms with E-state index in [-0.39, 0.29) is 0 Å². The van der Waals surface area contributed by atoms with Crippen LogP contribution < -0.4 is 5.73 Å². The maximum Gasteiger partial charge on any atom is 0.0250 e. The lowest BCUT2D eigenvalue weighted by molar-refractivity contribution is 0.0772. The summed E-state index contributed by atoms with van der Waals surface area (Å²) in [6, 6.07) is 1.86. The zero-order chi connectivity index (χ0) is 11.8. The predicted molar refractivity (Wildman–Crippen MR) is 66.8 cm³/mol. The molecule has 0 aromatic rings. The van der Waals surface area contributed by atoms with Crippen molar-refractivity contribution < 1.29 is 0 Å². The Morgan fingerprint density at radius 2 is 1.87 bits per heavy atom. The summed E-state index contributed by atoms with van der Waals surface area (Å²) in [5.74, 6) is 0.738. The minimum atomic E-state index is 0.364. The number of hydrogen-bond donors (Lipinski definition) is 1. The van der Waals surface area contributed by atoms with E-state index >= 15 is 0 Å². The molecule has 0 spiro atoms. The summed E-state index contributed by atoms with van der Waals surface area (Å²) in [7, 11) is 0. The molecule has 2 N–H and O–H groups in total.